The number of benzene rings is 1. The fourth-order valence-corrected chi connectivity index (χ4v) is 1.46. The molecule has 1 aromatic carbocycles. The van der Waals surface area contributed by atoms with Crippen molar-refractivity contribution in [3.05, 3.63) is 34.6 Å². The fraction of sp³-hybridized carbons (Fsp3) is 0.364. The number of amides is 1. The first-order valence-electron chi connectivity index (χ1n) is 4.92. The number of halogens is 2. The van der Waals surface area contributed by atoms with Crippen molar-refractivity contribution >= 4 is 17.5 Å². The highest BCUT2D eigenvalue weighted by molar-refractivity contribution is 6.33. The van der Waals surface area contributed by atoms with Gasteiger partial charge in [0, 0.05) is 20.1 Å². The third-order valence-corrected chi connectivity index (χ3v) is 2.61. The molecule has 5 heteroatoms. The van der Waals surface area contributed by atoms with Crippen LogP contribution in [0.3, 0.4) is 0 Å². The number of hydrogen-bond donors (Lipinski definition) is 1. The third kappa shape index (κ3) is 2.93. The van der Waals surface area contributed by atoms with Crippen molar-refractivity contribution in [2.45, 2.75) is 0 Å². The summed E-state index contributed by atoms with van der Waals surface area (Å²) in [6.07, 6.45) is 0. The molecule has 0 aliphatic heterocycles. The molecule has 0 aliphatic carbocycles. The van der Waals surface area contributed by atoms with Crippen molar-refractivity contribution in [2.24, 2.45) is 0 Å². The van der Waals surface area contributed by atoms with Crippen molar-refractivity contribution in [2.75, 3.05) is 27.2 Å². The van der Waals surface area contributed by atoms with Crippen LogP contribution in [-0.4, -0.2) is 38.0 Å². The topological polar surface area (TPSA) is 32.3 Å². The standard InChI is InChI=1S/C11H14ClFN2O/c1-14-6-7-15(2)11(16)8-4-3-5-9(13)10(8)12/h3-5,14H,6-7H2,1-2H3. The van der Waals surface area contributed by atoms with Gasteiger partial charge in [0.25, 0.3) is 5.91 Å². The van der Waals surface area contributed by atoms with E-state index in [1.165, 1.54) is 23.1 Å². The number of rotatable bonds is 4. The maximum Gasteiger partial charge on any atom is 0.255 e. The number of carbonyl (C=O) groups is 1. The number of likely N-dealkylation sites (N-methyl/N-ethyl adjacent to an activating group) is 2. The minimum atomic E-state index is -0.575. The molecule has 88 valence electrons. The summed E-state index contributed by atoms with van der Waals surface area (Å²) in [6.45, 7) is 1.22. The largest absolute Gasteiger partial charge is 0.340 e. The van der Waals surface area contributed by atoms with Crippen molar-refractivity contribution in [3.63, 3.8) is 0 Å². The minimum Gasteiger partial charge on any atom is -0.340 e. The van der Waals surface area contributed by atoms with Gasteiger partial charge in [0.2, 0.25) is 0 Å². The van der Waals surface area contributed by atoms with E-state index in [2.05, 4.69) is 5.32 Å². The number of hydrogen-bond acceptors (Lipinski definition) is 2. The second kappa shape index (κ2) is 5.82. The van der Waals surface area contributed by atoms with Crippen LogP contribution in [0.5, 0.6) is 0 Å². The summed E-state index contributed by atoms with van der Waals surface area (Å²) >= 11 is 5.73. The molecule has 0 bridgehead atoms. The van der Waals surface area contributed by atoms with Gasteiger partial charge in [0.15, 0.2) is 0 Å². The second-order valence-electron chi connectivity index (χ2n) is 3.43. The summed E-state index contributed by atoms with van der Waals surface area (Å²) in [5.74, 6) is -0.853. The average molecular weight is 245 g/mol. The van der Waals surface area contributed by atoms with Gasteiger partial charge in [-0.15, -0.1) is 0 Å². The predicted octanol–water partition coefficient (Wildman–Crippen LogP) is 1.77. The van der Waals surface area contributed by atoms with E-state index < -0.39 is 5.82 Å². The summed E-state index contributed by atoms with van der Waals surface area (Å²) in [7, 11) is 3.45. The fourth-order valence-electron chi connectivity index (χ4n) is 1.26. The molecular weight excluding hydrogens is 231 g/mol. The minimum absolute atomic E-state index is 0.121. The van der Waals surface area contributed by atoms with Crippen molar-refractivity contribution in [3.8, 4) is 0 Å². The molecule has 0 saturated carbocycles. The molecule has 0 aromatic heterocycles. The van der Waals surface area contributed by atoms with Crippen LogP contribution in [0.1, 0.15) is 10.4 Å². The Labute approximate surface area is 99.2 Å². The van der Waals surface area contributed by atoms with Gasteiger partial charge < -0.3 is 10.2 Å². The molecule has 0 saturated heterocycles. The van der Waals surface area contributed by atoms with E-state index in [1.807, 2.05) is 0 Å². The summed E-state index contributed by atoms with van der Waals surface area (Å²) < 4.78 is 13.1. The monoisotopic (exact) mass is 244 g/mol. The van der Waals surface area contributed by atoms with E-state index in [9.17, 15) is 9.18 Å². The molecule has 16 heavy (non-hydrogen) atoms. The molecule has 1 rings (SSSR count). The molecule has 0 spiro atoms. The van der Waals surface area contributed by atoms with Crippen molar-refractivity contribution < 1.29 is 9.18 Å². The Morgan fingerprint density at radius 3 is 2.88 bits per heavy atom. The van der Waals surface area contributed by atoms with E-state index in [4.69, 9.17) is 11.6 Å². The van der Waals surface area contributed by atoms with Gasteiger partial charge >= 0.3 is 0 Å². The molecule has 0 radical (unpaired) electrons. The Kier molecular flexibility index (Phi) is 4.71. The maximum atomic E-state index is 13.1. The molecule has 0 heterocycles. The summed E-state index contributed by atoms with van der Waals surface area (Å²) in [4.78, 5) is 13.4. The predicted molar refractivity (Wildman–Crippen MR) is 62.3 cm³/mol. The first-order chi connectivity index (χ1) is 7.57. The van der Waals surface area contributed by atoms with Crippen LogP contribution in [0.4, 0.5) is 4.39 Å². The zero-order valence-corrected chi connectivity index (χ0v) is 10.0. The lowest BCUT2D eigenvalue weighted by atomic mass is 10.2. The van der Waals surface area contributed by atoms with Crippen LogP contribution >= 0.6 is 11.6 Å². The van der Waals surface area contributed by atoms with Gasteiger partial charge in [0.05, 0.1) is 10.6 Å². The van der Waals surface area contributed by atoms with Crippen LogP contribution < -0.4 is 5.32 Å². The summed E-state index contributed by atoms with van der Waals surface area (Å²) in [5, 5.41) is 2.81. The summed E-state index contributed by atoms with van der Waals surface area (Å²) in [5.41, 5.74) is 0.195. The van der Waals surface area contributed by atoms with E-state index in [1.54, 1.807) is 14.1 Å². The quantitative estimate of drug-likeness (QED) is 0.876. The van der Waals surface area contributed by atoms with E-state index in [0.717, 1.165) is 0 Å². The molecule has 1 N–H and O–H groups in total. The maximum absolute atomic E-state index is 13.1. The second-order valence-corrected chi connectivity index (χ2v) is 3.81. The van der Waals surface area contributed by atoms with Gasteiger partial charge in [-0.1, -0.05) is 17.7 Å². The van der Waals surface area contributed by atoms with Crippen LogP contribution in [0, 0.1) is 5.82 Å². The van der Waals surface area contributed by atoms with Crippen molar-refractivity contribution in [1.29, 1.82) is 0 Å². The van der Waals surface area contributed by atoms with Crippen LogP contribution in [-0.2, 0) is 0 Å². The number of nitrogens with zero attached hydrogens (tertiary/aromatic N) is 1. The average Bonchev–Trinajstić information content (AvgIpc) is 2.28. The van der Waals surface area contributed by atoms with Gasteiger partial charge in [-0.3, -0.25) is 4.79 Å². The lowest BCUT2D eigenvalue weighted by Gasteiger charge is -2.17. The van der Waals surface area contributed by atoms with Gasteiger partial charge in [-0.25, -0.2) is 4.39 Å². The Hall–Kier alpha value is -1.13. The third-order valence-electron chi connectivity index (χ3n) is 2.23. The lowest BCUT2D eigenvalue weighted by molar-refractivity contribution is 0.0796. The Balaban J connectivity index is 2.84. The zero-order chi connectivity index (χ0) is 12.1. The normalized spacial score (nSPS) is 10.2. The van der Waals surface area contributed by atoms with Crippen LogP contribution in [0.2, 0.25) is 5.02 Å². The Morgan fingerprint density at radius 1 is 1.56 bits per heavy atom. The smallest absolute Gasteiger partial charge is 0.255 e. The molecular formula is C11H14ClFN2O. The summed E-state index contributed by atoms with van der Waals surface area (Å²) in [6, 6.07) is 4.22. The molecule has 3 nitrogen and oxygen atoms in total. The van der Waals surface area contributed by atoms with Crippen molar-refractivity contribution in [1.82, 2.24) is 10.2 Å². The lowest BCUT2D eigenvalue weighted by Crippen LogP contribution is -2.33. The van der Waals surface area contributed by atoms with E-state index >= 15 is 0 Å². The first-order valence-corrected chi connectivity index (χ1v) is 5.29. The molecule has 0 unspecified atom stereocenters. The number of carbonyl (C=O) groups excluding carboxylic acids is 1. The van der Waals surface area contributed by atoms with E-state index in [0.29, 0.717) is 13.1 Å². The van der Waals surface area contributed by atoms with Crippen LogP contribution in [0.15, 0.2) is 18.2 Å². The SMILES string of the molecule is CNCCN(C)C(=O)c1cccc(F)c1Cl. The molecule has 0 aliphatic rings. The van der Waals surface area contributed by atoms with E-state index in [-0.39, 0.29) is 16.5 Å². The van der Waals surface area contributed by atoms with Gasteiger partial charge in [0.1, 0.15) is 5.82 Å². The Morgan fingerprint density at radius 2 is 2.25 bits per heavy atom. The van der Waals surface area contributed by atoms with Crippen LogP contribution in [0.25, 0.3) is 0 Å². The molecule has 0 atom stereocenters. The molecule has 0 fully saturated rings. The molecule has 1 aromatic rings. The zero-order valence-electron chi connectivity index (χ0n) is 9.26. The molecule has 1 amide bonds. The highest BCUT2D eigenvalue weighted by atomic mass is 35.5. The highest BCUT2D eigenvalue weighted by Gasteiger charge is 2.16. The highest BCUT2D eigenvalue weighted by Crippen LogP contribution is 2.20. The first kappa shape index (κ1) is 12.9. The Bertz CT molecular complexity index is 384. The number of nitrogens with one attached hydrogen (secondary N) is 1. The van der Waals surface area contributed by atoms with Gasteiger partial charge in [-0.05, 0) is 19.2 Å². The van der Waals surface area contributed by atoms with Gasteiger partial charge in [-0.2, -0.15) is 0 Å².